The Labute approximate surface area is 118 Å². The maximum Gasteiger partial charge on any atom is 0.340 e. The largest absolute Gasteiger partial charge is 0.462 e. The molecule has 1 fully saturated rings. The Morgan fingerprint density at radius 1 is 1.45 bits per heavy atom. The molecular formula is C15H21FN2O2. The minimum Gasteiger partial charge on any atom is -0.462 e. The second-order valence-electron chi connectivity index (χ2n) is 5.16. The Bertz CT molecular complexity index is 499. The van der Waals surface area contributed by atoms with Crippen LogP contribution < -0.4 is 10.6 Å². The Morgan fingerprint density at radius 3 is 2.70 bits per heavy atom. The highest BCUT2D eigenvalue weighted by Crippen LogP contribution is 2.31. The molecule has 0 saturated heterocycles. The molecule has 110 valence electrons. The second-order valence-corrected chi connectivity index (χ2v) is 5.16. The number of carbonyl (C=O) groups excluding carboxylic acids is 1. The van der Waals surface area contributed by atoms with Crippen molar-refractivity contribution in [1.82, 2.24) is 0 Å². The van der Waals surface area contributed by atoms with Crippen LogP contribution in [-0.2, 0) is 4.74 Å². The van der Waals surface area contributed by atoms with Crippen LogP contribution in [0.1, 0.15) is 43.0 Å². The van der Waals surface area contributed by atoms with Gasteiger partial charge < -0.3 is 15.4 Å². The molecule has 4 nitrogen and oxygen atoms in total. The smallest absolute Gasteiger partial charge is 0.340 e. The molecule has 0 radical (unpaired) electrons. The molecule has 1 aliphatic carbocycles. The van der Waals surface area contributed by atoms with Gasteiger partial charge in [0.25, 0.3) is 0 Å². The van der Waals surface area contributed by atoms with Crippen molar-refractivity contribution in [3.8, 4) is 0 Å². The minimum atomic E-state index is -0.508. The summed E-state index contributed by atoms with van der Waals surface area (Å²) in [5.74, 6) is -0.906. The third kappa shape index (κ3) is 2.86. The molecule has 5 heteroatoms. The van der Waals surface area contributed by atoms with Crippen LogP contribution in [0.3, 0.4) is 0 Å². The molecule has 1 aromatic carbocycles. The summed E-state index contributed by atoms with van der Waals surface area (Å²) >= 11 is 0. The number of carbonyl (C=O) groups is 1. The van der Waals surface area contributed by atoms with Gasteiger partial charge in [-0.05, 0) is 31.9 Å². The lowest BCUT2D eigenvalue weighted by molar-refractivity contribution is 0.0527. The first-order valence-electron chi connectivity index (χ1n) is 7.03. The molecule has 2 N–H and O–H groups in total. The lowest BCUT2D eigenvalue weighted by Crippen LogP contribution is -2.30. The first kappa shape index (κ1) is 14.6. The lowest BCUT2D eigenvalue weighted by atomic mass is 10.1. The van der Waals surface area contributed by atoms with Crippen LogP contribution in [0.4, 0.5) is 15.8 Å². The van der Waals surface area contributed by atoms with E-state index in [0.717, 1.165) is 25.7 Å². The standard InChI is InChI=1S/C15H21FN2O2/c1-3-20-15(19)11-8-14(12(16)9-13(11)17)18(2)10-6-4-5-7-10/h8-10H,3-7,17H2,1-2H3. The van der Waals surface area contributed by atoms with Gasteiger partial charge in [0.1, 0.15) is 5.82 Å². The zero-order valence-electron chi connectivity index (χ0n) is 12.0. The van der Waals surface area contributed by atoms with Crippen molar-refractivity contribution in [3.05, 3.63) is 23.5 Å². The molecule has 0 unspecified atom stereocenters. The molecule has 1 aliphatic rings. The highest BCUT2D eigenvalue weighted by Gasteiger charge is 2.24. The van der Waals surface area contributed by atoms with Gasteiger partial charge in [0.2, 0.25) is 0 Å². The number of ether oxygens (including phenoxy) is 1. The minimum absolute atomic E-state index is 0.115. The number of halogens is 1. The number of rotatable bonds is 4. The Balaban J connectivity index is 2.32. The van der Waals surface area contributed by atoms with Gasteiger partial charge in [-0.2, -0.15) is 0 Å². The van der Waals surface area contributed by atoms with Gasteiger partial charge >= 0.3 is 5.97 Å². The monoisotopic (exact) mass is 280 g/mol. The maximum atomic E-state index is 14.1. The number of benzene rings is 1. The molecule has 0 aromatic heterocycles. The van der Waals surface area contributed by atoms with Gasteiger partial charge in [0.15, 0.2) is 0 Å². The first-order chi connectivity index (χ1) is 9.54. The number of esters is 1. The van der Waals surface area contributed by atoms with Crippen LogP contribution in [-0.4, -0.2) is 25.7 Å². The summed E-state index contributed by atoms with van der Waals surface area (Å²) in [5.41, 5.74) is 6.47. The summed E-state index contributed by atoms with van der Waals surface area (Å²) in [6.07, 6.45) is 4.43. The summed E-state index contributed by atoms with van der Waals surface area (Å²) in [6, 6.07) is 3.02. The molecule has 0 spiro atoms. The quantitative estimate of drug-likeness (QED) is 0.680. The topological polar surface area (TPSA) is 55.6 Å². The van der Waals surface area contributed by atoms with E-state index in [1.807, 2.05) is 11.9 Å². The van der Waals surface area contributed by atoms with Crippen LogP contribution in [0.5, 0.6) is 0 Å². The van der Waals surface area contributed by atoms with Crippen LogP contribution in [0.2, 0.25) is 0 Å². The van der Waals surface area contributed by atoms with E-state index in [0.29, 0.717) is 11.7 Å². The fourth-order valence-electron chi connectivity index (χ4n) is 2.72. The Morgan fingerprint density at radius 2 is 2.10 bits per heavy atom. The fraction of sp³-hybridized carbons (Fsp3) is 0.533. The average Bonchev–Trinajstić information content (AvgIpc) is 2.92. The van der Waals surface area contributed by atoms with Crippen LogP contribution in [0.15, 0.2) is 12.1 Å². The summed E-state index contributed by atoms with van der Waals surface area (Å²) in [7, 11) is 1.86. The van der Waals surface area contributed by atoms with Crippen molar-refractivity contribution >= 4 is 17.3 Å². The summed E-state index contributed by atoms with van der Waals surface area (Å²) in [6.45, 7) is 1.99. The van der Waals surface area contributed by atoms with Crippen molar-refractivity contribution in [2.24, 2.45) is 0 Å². The second kappa shape index (κ2) is 6.11. The van der Waals surface area contributed by atoms with Gasteiger partial charge in [0, 0.05) is 18.8 Å². The normalized spacial score (nSPS) is 15.3. The van der Waals surface area contributed by atoms with E-state index in [1.165, 1.54) is 12.1 Å². The van der Waals surface area contributed by atoms with E-state index in [4.69, 9.17) is 10.5 Å². The number of hydrogen-bond acceptors (Lipinski definition) is 4. The Kier molecular flexibility index (Phi) is 4.47. The lowest BCUT2D eigenvalue weighted by Gasteiger charge is -2.27. The SMILES string of the molecule is CCOC(=O)c1cc(N(C)C2CCCC2)c(F)cc1N. The highest BCUT2D eigenvalue weighted by molar-refractivity contribution is 5.96. The third-order valence-electron chi connectivity index (χ3n) is 3.87. The first-order valence-corrected chi connectivity index (χ1v) is 7.03. The van der Waals surface area contributed by atoms with E-state index >= 15 is 0 Å². The number of nitrogens with zero attached hydrogens (tertiary/aromatic N) is 1. The predicted molar refractivity (Wildman–Crippen MR) is 77.4 cm³/mol. The van der Waals surface area contributed by atoms with Crippen molar-refractivity contribution in [2.45, 2.75) is 38.6 Å². The zero-order chi connectivity index (χ0) is 14.7. The molecule has 2 rings (SSSR count). The summed E-state index contributed by atoms with van der Waals surface area (Å²) < 4.78 is 19.1. The third-order valence-corrected chi connectivity index (χ3v) is 3.87. The molecule has 0 atom stereocenters. The van der Waals surface area contributed by atoms with E-state index < -0.39 is 11.8 Å². The van der Waals surface area contributed by atoms with Crippen molar-refractivity contribution in [2.75, 3.05) is 24.3 Å². The fourth-order valence-corrected chi connectivity index (χ4v) is 2.72. The molecule has 0 aliphatic heterocycles. The highest BCUT2D eigenvalue weighted by atomic mass is 19.1. The van der Waals surface area contributed by atoms with Crippen LogP contribution >= 0.6 is 0 Å². The molecule has 0 bridgehead atoms. The summed E-state index contributed by atoms with van der Waals surface area (Å²) in [4.78, 5) is 13.7. The Hall–Kier alpha value is -1.78. The van der Waals surface area contributed by atoms with Crippen LogP contribution in [0.25, 0.3) is 0 Å². The van der Waals surface area contributed by atoms with E-state index in [-0.39, 0.29) is 17.9 Å². The average molecular weight is 280 g/mol. The van der Waals surface area contributed by atoms with E-state index in [1.54, 1.807) is 6.92 Å². The number of nitrogens with two attached hydrogens (primary N) is 1. The van der Waals surface area contributed by atoms with Crippen molar-refractivity contribution in [3.63, 3.8) is 0 Å². The zero-order valence-corrected chi connectivity index (χ0v) is 12.0. The number of anilines is 2. The van der Waals surface area contributed by atoms with Gasteiger partial charge in [-0.3, -0.25) is 0 Å². The summed E-state index contributed by atoms with van der Waals surface area (Å²) in [5, 5.41) is 0. The molecule has 1 aromatic rings. The van der Waals surface area contributed by atoms with Crippen molar-refractivity contribution in [1.29, 1.82) is 0 Å². The number of nitrogen functional groups attached to an aromatic ring is 1. The molecule has 0 heterocycles. The van der Waals surface area contributed by atoms with E-state index in [9.17, 15) is 9.18 Å². The predicted octanol–water partition coefficient (Wildman–Crippen LogP) is 2.96. The van der Waals surface area contributed by atoms with Gasteiger partial charge in [0.05, 0.1) is 17.9 Å². The van der Waals surface area contributed by atoms with Gasteiger partial charge in [-0.1, -0.05) is 12.8 Å². The number of hydrogen-bond donors (Lipinski definition) is 1. The molecule has 1 saturated carbocycles. The van der Waals surface area contributed by atoms with Gasteiger partial charge in [-0.15, -0.1) is 0 Å². The molecule has 20 heavy (non-hydrogen) atoms. The van der Waals surface area contributed by atoms with Gasteiger partial charge in [-0.25, -0.2) is 9.18 Å². The van der Waals surface area contributed by atoms with Crippen LogP contribution in [0, 0.1) is 5.82 Å². The molecule has 0 amide bonds. The van der Waals surface area contributed by atoms with Crippen molar-refractivity contribution < 1.29 is 13.9 Å². The maximum absolute atomic E-state index is 14.1. The molecular weight excluding hydrogens is 259 g/mol. The van der Waals surface area contributed by atoms with E-state index in [2.05, 4.69) is 0 Å².